The van der Waals surface area contributed by atoms with Crippen molar-refractivity contribution in [3.8, 4) is 11.5 Å². The van der Waals surface area contributed by atoms with Gasteiger partial charge in [0.1, 0.15) is 23.6 Å². The number of likely N-dealkylation sites (N-methyl/N-ethyl adjacent to an activating group) is 2. The predicted molar refractivity (Wildman–Crippen MR) is 194 cm³/mol. The van der Waals surface area contributed by atoms with E-state index in [4.69, 9.17) is 9.47 Å². The van der Waals surface area contributed by atoms with Gasteiger partial charge < -0.3 is 24.6 Å². The number of nitrogens with one attached hydrogen (secondary N) is 3. The van der Waals surface area contributed by atoms with Crippen LogP contribution < -0.4 is 34.0 Å². The van der Waals surface area contributed by atoms with Crippen molar-refractivity contribution in [2.24, 2.45) is 0 Å². The highest BCUT2D eigenvalue weighted by atomic mass is 32.2. The SMILES string of the molecule is COc1ccc(N(C)C(=O)C(Cc2ccccc2)NC(=O)NS(=O)(=O)N[C@@H](Cc2ccccc2)C(=O)N(C)c2cc(C)c(OC)cc2C)cc1. The molecule has 3 N–H and O–H groups in total. The van der Waals surface area contributed by atoms with Crippen molar-refractivity contribution >= 4 is 39.4 Å². The van der Waals surface area contributed by atoms with E-state index in [1.807, 2.05) is 30.7 Å². The number of methoxy groups -OCH3 is 2. The summed E-state index contributed by atoms with van der Waals surface area (Å²) in [5.41, 5.74) is 4.10. The van der Waals surface area contributed by atoms with E-state index in [0.717, 1.165) is 16.7 Å². The molecule has 0 radical (unpaired) electrons. The lowest BCUT2D eigenvalue weighted by molar-refractivity contribution is -0.120. The van der Waals surface area contributed by atoms with Crippen LogP contribution in [0.1, 0.15) is 22.3 Å². The maximum atomic E-state index is 13.9. The standard InChI is InChI=1S/C37H43N5O7S/c1-25-22-34(49-6)26(2)21-33(25)42(4)36(44)32(24-28-15-11-8-12-16-28)39-50(46,47)40-37(45)38-31(23-27-13-9-7-10-14-27)35(43)41(3)29-17-19-30(48-5)20-18-29/h7-22,31-32,39H,23-24H2,1-6H3,(H2,38,40,45)/t31?,32-/m0/s1. The predicted octanol–water partition coefficient (Wildman–Crippen LogP) is 4.30. The van der Waals surface area contributed by atoms with Gasteiger partial charge in [0.25, 0.3) is 0 Å². The molecule has 0 fully saturated rings. The van der Waals surface area contributed by atoms with E-state index in [2.05, 4.69) is 10.0 Å². The molecular formula is C37H43N5O7S. The minimum Gasteiger partial charge on any atom is -0.497 e. The molecule has 0 heterocycles. The smallest absolute Gasteiger partial charge is 0.330 e. The van der Waals surface area contributed by atoms with E-state index in [1.165, 1.54) is 16.9 Å². The summed E-state index contributed by atoms with van der Waals surface area (Å²) in [6, 6.07) is 24.7. The van der Waals surface area contributed by atoms with Crippen LogP contribution in [0.3, 0.4) is 0 Å². The summed E-state index contributed by atoms with van der Waals surface area (Å²) in [6.45, 7) is 3.67. The first-order valence-electron chi connectivity index (χ1n) is 15.8. The third-order valence-corrected chi connectivity index (χ3v) is 9.24. The summed E-state index contributed by atoms with van der Waals surface area (Å²) in [7, 11) is 1.58. The van der Waals surface area contributed by atoms with Crippen LogP contribution in [0.5, 0.6) is 11.5 Å². The molecule has 12 nitrogen and oxygen atoms in total. The number of anilines is 2. The molecule has 0 saturated carbocycles. The van der Waals surface area contributed by atoms with Crippen molar-refractivity contribution in [1.82, 2.24) is 14.8 Å². The Labute approximate surface area is 293 Å². The summed E-state index contributed by atoms with van der Waals surface area (Å²) < 4.78 is 41.8. The van der Waals surface area contributed by atoms with Crippen LogP contribution in [-0.4, -0.2) is 66.7 Å². The van der Waals surface area contributed by atoms with Crippen LogP contribution in [0.15, 0.2) is 97.1 Å². The second kappa shape index (κ2) is 16.8. The van der Waals surface area contributed by atoms with Gasteiger partial charge in [-0.25, -0.2) is 9.52 Å². The number of aryl methyl sites for hydroxylation is 2. The average molecular weight is 702 g/mol. The number of carbonyl (C=O) groups excluding carboxylic acids is 3. The molecule has 0 saturated heterocycles. The van der Waals surface area contributed by atoms with Gasteiger partial charge in [-0.15, -0.1) is 0 Å². The highest BCUT2D eigenvalue weighted by Crippen LogP contribution is 2.29. The minimum atomic E-state index is -4.63. The lowest BCUT2D eigenvalue weighted by Gasteiger charge is -2.27. The molecule has 0 aliphatic carbocycles. The Morgan fingerprint density at radius 1 is 0.700 bits per heavy atom. The molecule has 4 amide bonds. The fraction of sp³-hybridized carbons (Fsp3) is 0.270. The number of carbonyl (C=O) groups is 3. The van der Waals surface area contributed by atoms with E-state index < -0.39 is 40.1 Å². The third-order valence-electron chi connectivity index (χ3n) is 8.19. The van der Waals surface area contributed by atoms with E-state index >= 15 is 0 Å². The van der Waals surface area contributed by atoms with Gasteiger partial charge in [0, 0.05) is 31.9 Å². The number of rotatable bonds is 14. The zero-order valence-electron chi connectivity index (χ0n) is 29.0. The zero-order valence-corrected chi connectivity index (χ0v) is 29.8. The molecule has 1 unspecified atom stereocenters. The molecule has 50 heavy (non-hydrogen) atoms. The van der Waals surface area contributed by atoms with Gasteiger partial charge in [-0.05, 0) is 78.9 Å². The topological polar surface area (TPSA) is 146 Å². The molecule has 0 aromatic heterocycles. The number of benzene rings is 4. The van der Waals surface area contributed by atoms with Gasteiger partial charge in [0.2, 0.25) is 11.8 Å². The first-order valence-corrected chi connectivity index (χ1v) is 17.3. The summed E-state index contributed by atoms with van der Waals surface area (Å²) in [4.78, 5) is 43.7. The second-order valence-corrected chi connectivity index (χ2v) is 13.2. The van der Waals surface area contributed by atoms with E-state index in [9.17, 15) is 22.8 Å². The van der Waals surface area contributed by atoms with E-state index in [-0.39, 0.29) is 12.8 Å². The van der Waals surface area contributed by atoms with Gasteiger partial charge in [-0.2, -0.15) is 13.1 Å². The first kappa shape index (κ1) is 37.4. The summed E-state index contributed by atoms with van der Waals surface area (Å²) in [5.74, 6) is 0.229. The minimum absolute atomic E-state index is 0.00248. The Morgan fingerprint density at radius 3 is 1.78 bits per heavy atom. The summed E-state index contributed by atoms with van der Waals surface area (Å²) in [5, 5.41) is 2.53. The van der Waals surface area contributed by atoms with Gasteiger partial charge >= 0.3 is 16.2 Å². The van der Waals surface area contributed by atoms with E-state index in [1.54, 1.807) is 106 Å². The Balaban J connectivity index is 1.55. The zero-order chi connectivity index (χ0) is 36.4. The number of amides is 4. The third kappa shape index (κ3) is 9.83. The van der Waals surface area contributed by atoms with Crippen LogP contribution in [0.4, 0.5) is 16.2 Å². The molecule has 264 valence electrons. The normalized spacial score (nSPS) is 12.3. The molecule has 13 heteroatoms. The van der Waals surface area contributed by atoms with Gasteiger partial charge in [0.05, 0.1) is 14.2 Å². The highest BCUT2D eigenvalue weighted by molar-refractivity contribution is 7.88. The number of nitrogens with zero attached hydrogens (tertiary/aromatic N) is 2. The monoisotopic (exact) mass is 701 g/mol. The molecule has 4 aromatic carbocycles. The molecule has 0 aliphatic heterocycles. The largest absolute Gasteiger partial charge is 0.497 e. The Hall–Kier alpha value is -5.40. The number of urea groups is 1. The lowest BCUT2D eigenvalue weighted by Crippen LogP contribution is -2.57. The van der Waals surface area contributed by atoms with Crippen molar-refractivity contribution in [2.75, 3.05) is 38.1 Å². The van der Waals surface area contributed by atoms with Crippen LogP contribution in [-0.2, 0) is 32.6 Å². The molecule has 4 rings (SSSR count). The second-order valence-electron chi connectivity index (χ2n) is 11.8. The van der Waals surface area contributed by atoms with Gasteiger partial charge in [-0.1, -0.05) is 60.7 Å². The fourth-order valence-electron chi connectivity index (χ4n) is 5.48. The Kier molecular flexibility index (Phi) is 12.6. The first-order chi connectivity index (χ1) is 23.8. The number of ether oxygens (including phenoxy) is 2. The summed E-state index contributed by atoms with van der Waals surface area (Å²) >= 11 is 0. The molecule has 0 spiro atoms. The number of hydrogen-bond donors (Lipinski definition) is 3. The molecular weight excluding hydrogens is 659 g/mol. The van der Waals surface area contributed by atoms with Crippen LogP contribution in [0.2, 0.25) is 0 Å². The lowest BCUT2D eigenvalue weighted by atomic mass is 10.0. The van der Waals surface area contributed by atoms with Crippen LogP contribution >= 0.6 is 0 Å². The van der Waals surface area contributed by atoms with Crippen molar-refractivity contribution in [2.45, 2.75) is 38.8 Å². The van der Waals surface area contributed by atoms with E-state index in [0.29, 0.717) is 28.4 Å². The van der Waals surface area contributed by atoms with Crippen LogP contribution in [0.25, 0.3) is 0 Å². The quantitative estimate of drug-likeness (QED) is 0.178. The Bertz CT molecular complexity index is 1890. The Morgan fingerprint density at radius 2 is 1.24 bits per heavy atom. The van der Waals surface area contributed by atoms with Crippen molar-refractivity contribution in [3.05, 3.63) is 119 Å². The summed E-state index contributed by atoms with van der Waals surface area (Å²) in [6.07, 6.45) is 0.0874. The highest BCUT2D eigenvalue weighted by Gasteiger charge is 2.31. The molecule has 4 aromatic rings. The number of hydrogen-bond acceptors (Lipinski definition) is 7. The van der Waals surface area contributed by atoms with Crippen molar-refractivity contribution in [3.63, 3.8) is 0 Å². The molecule has 2 atom stereocenters. The van der Waals surface area contributed by atoms with Gasteiger partial charge in [0.15, 0.2) is 0 Å². The van der Waals surface area contributed by atoms with Crippen LogP contribution in [0, 0.1) is 13.8 Å². The maximum Gasteiger partial charge on any atom is 0.330 e. The molecule has 0 aliphatic rings. The van der Waals surface area contributed by atoms with Crippen molar-refractivity contribution in [1.29, 1.82) is 0 Å². The average Bonchev–Trinajstić information content (AvgIpc) is 3.11. The maximum absolute atomic E-state index is 13.9. The van der Waals surface area contributed by atoms with Gasteiger partial charge in [-0.3, -0.25) is 9.59 Å². The van der Waals surface area contributed by atoms with Crippen molar-refractivity contribution < 1.29 is 32.3 Å². The fourth-order valence-corrected chi connectivity index (χ4v) is 6.40. The molecule has 0 bridgehead atoms.